The van der Waals surface area contributed by atoms with E-state index in [1.165, 1.54) is 5.56 Å². The Hall–Kier alpha value is -1.85. The molecule has 0 N–H and O–H groups in total. The molecular weight excluding hydrogens is 340 g/mol. The molecule has 3 rings (SSSR count). The Kier molecular flexibility index (Phi) is 5.88. The zero-order valence-corrected chi connectivity index (χ0v) is 15.0. The van der Waals surface area contributed by atoms with Crippen LogP contribution >= 0.6 is 23.4 Å². The van der Waals surface area contributed by atoms with Gasteiger partial charge in [0.05, 0.1) is 5.69 Å². The topological polar surface area (TPSA) is 43.6 Å². The molecule has 1 unspecified atom stereocenters. The molecule has 1 atom stereocenters. The van der Waals surface area contributed by atoms with Crippen molar-refractivity contribution in [3.05, 3.63) is 71.0 Å². The van der Waals surface area contributed by atoms with Gasteiger partial charge in [0.15, 0.2) is 5.82 Å². The molecule has 3 aromatic rings. The lowest BCUT2D eigenvalue weighted by molar-refractivity contribution is 0.747. The van der Waals surface area contributed by atoms with Gasteiger partial charge in [0, 0.05) is 16.7 Å². The minimum absolute atomic E-state index is 0.379. The fraction of sp³-hybridized carbons (Fsp3) is 0.278. The molecule has 0 bridgehead atoms. The average molecular weight is 359 g/mol. The van der Waals surface area contributed by atoms with E-state index in [9.17, 15) is 0 Å². The van der Waals surface area contributed by atoms with Crippen molar-refractivity contribution in [1.82, 2.24) is 20.2 Å². The summed E-state index contributed by atoms with van der Waals surface area (Å²) in [5.41, 5.74) is 2.19. The van der Waals surface area contributed by atoms with Crippen molar-refractivity contribution in [1.29, 1.82) is 0 Å². The molecule has 4 nitrogen and oxygen atoms in total. The summed E-state index contributed by atoms with van der Waals surface area (Å²) in [5, 5.41) is 13.3. The third-order valence-electron chi connectivity index (χ3n) is 3.79. The Morgan fingerprint density at radius 1 is 1.08 bits per heavy atom. The predicted octanol–water partition coefficient (Wildman–Crippen LogP) is 4.74. The maximum atomic E-state index is 6.26. The Labute approximate surface area is 151 Å². The van der Waals surface area contributed by atoms with Gasteiger partial charge in [0.25, 0.3) is 0 Å². The van der Waals surface area contributed by atoms with E-state index in [4.69, 9.17) is 11.6 Å². The number of hydrogen-bond acceptors (Lipinski definition) is 4. The summed E-state index contributed by atoms with van der Waals surface area (Å²) in [6.45, 7) is 2.19. The van der Waals surface area contributed by atoms with Crippen molar-refractivity contribution in [2.24, 2.45) is 0 Å². The second-order valence-electron chi connectivity index (χ2n) is 5.48. The molecule has 1 heterocycles. The fourth-order valence-corrected chi connectivity index (χ4v) is 3.93. The zero-order chi connectivity index (χ0) is 16.8. The highest BCUT2D eigenvalue weighted by Gasteiger charge is 2.11. The second-order valence-corrected chi connectivity index (χ2v) is 7.34. The van der Waals surface area contributed by atoms with Gasteiger partial charge >= 0.3 is 0 Å². The van der Waals surface area contributed by atoms with Crippen LogP contribution in [0.4, 0.5) is 0 Å². The number of tetrazole rings is 1. The quantitative estimate of drug-likeness (QED) is 0.572. The minimum atomic E-state index is 0.379. The van der Waals surface area contributed by atoms with Crippen LogP contribution in [0.1, 0.15) is 30.0 Å². The molecule has 2 aromatic carbocycles. The van der Waals surface area contributed by atoms with Crippen molar-refractivity contribution < 1.29 is 0 Å². The van der Waals surface area contributed by atoms with Gasteiger partial charge in [-0.05, 0) is 53.3 Å². The largest absolute Gasteiger partial charge is 0.197 e. The van der Waals surface area contributed by atoms with E-state index in [2.05, 4.69) is 28.5 Å². The summed E-state index contributed by atoms with van der Waals surface area (Å²) >= 11 is 8.16. The number of aryl methyl sites for hydroxylation is 1. The Morgan fingerprint density at radius 2 is 1.83 bits per heavy atom. The number of rotatable bonds is 7. The van der Waals surface area contributed by atoms with Crippen LogP contribution in [0.15, 0.2) is 54.6 Å². The number of benzene rings is 2. The van der Waals surface area contributed by atoms with Crippen LogP contribution in [0.2, 0.25) is 5.02 Å². The van der Waals surface area contributed by atoms with Crippen molar-refractivity contribution in [3.63, 3.8) is 0 Å². The van der Waals surface area contributed by atoms with E-state index >= 15 is 0 Å². The van der Waals surface area contributed by atoms with E-state index in [0.717, 1.165) is 35.1 Å². The van der Waals surface area contributed by atoms with Gasteiger partial charge in [-0.1, -0.05) is 48.0 Å². The molecule has 0 fully saturated rings. The third-order valence-corrected chi connectivity index (χ3v) is 5.41. The van der Waals surface area contributed by atoms with Gasteiger partial charge < -0.3 is 0 Å². The van der Waals surface area contributed by atoms with Crippen LogP contribution in [0.3, 0.4) is 0 Å². The summed E-state index contributed by atoms with van der Waals surface area (Å²) in [6, 6.07) is 18.0. The van der Waals surface area contributed by atoms with Crippen molar-refractivity contribution in [2.45, 2.75) is 25.0 Å². The lowest BCUT2D eigenvalue weighted by Crippen LogP contribution is -2.04. The molecule has 124 valence electrons. The maximum absolute atomic E-state index is 6.26. The summed E-state index contributed by atoms with van der Waals surface area (Å²) < 4.78 is 1.81. The van der Waals surface area contributed by atoms with Crippen LogP contribution in [0.25, 0.3) is 5.69 Å². The number of thioether (sulfide) groups is 1. The van der Waals surface area contributed by atoms with Crippen molar-refractivity contribution in [3.8, 4) is 5.69 Å². The second kappa shape index (κ2) is 8.31. The molecule has 0 amide bonds. The molecule has 0 saturated heterocycles. The molecule has 0 aliphatic heterocycles. The summed E-state index contributed by atoms with van der Waals surface area (Å²) in [6.07, 6.45) is 1.87. The van der Waals surface area contributed by atoms with E-state index in [1.54, 1.807) is 0 Å². The SMILES string of the molecule is CC(SCCCc1nnnn1-c1ccccc1)c1ccccc1Cl. The van der Waals surface area contributed by atoms with E-state index in [0.29, 0.717) is 5.25 Å². The monoisotopic (exact) mass is 358 g/mol. The first-order chi connectivity index (χ1) is 11.8. The number of hydrogen-bond donors (Lipinski definition) is 0. The highest BCUT2D eigenvalue weighted by Crippen LogP contribution is 2.33. The molecular formula is C18H19ClN4S. The smallest absolute Gasteiger partial charge is 0.156 e. The van der Waals surface area contributed by atoms with Crippen LogP contribution in [-0.4, -0.2) is 26.0 Å². The lowest BCUT2D eigenvalue weighted by atomic mass is 10.2. The summed E-state index contributed by atoms with van der Waals surface area (Å²) in [7, 11) is 0. The fourth-order valence-electron chi connectivity index (χ4n) is 2.52. The summed E-state index contributed by atoms with van der Waals surface area (Å²) in [5.74, 6) is 1.93. The first-order valence-corrected chi connectivity index (χ1v) is 9.37. The van der Waals surface area contributed by atoms with Gasteiger partial charge in [0.1, 0.15) is 0 Å². The Bertz CT molecular complexity index is 775. The number of nitrogens with zero attached hydrogens (tertiary/aromatic N) is 4. The number of aromatic nitrogens is 4. The molecule has 24 heavy (non-hydrogen) atoms. The van der Waals surface area contributed by atoms with Crippen LogP contribution in [0, 0.1) is 0 Å². The highest BCUT2D eigenvalue weighted by atomic mass is 35.5. The van der Waals surface area contributed by atoms with Gasteiger partial charge in [0.2, 0.25) is 0 Å². The minimum Gasteiger partial charge on any atom is -0.197 e. The molecule has 0 aliphatic rings. The normalized spacial score (nSPS) is 12.2. The maximum Gasteiger partial charge on any atom is 0.156 e. The van der Waals surface area contributed by atoms with Crippen molar-refractivity contribution >= 4 is 23.4 Å². The lowest BCUT2D eigenvalue weighted by Gasteiger charge is -2.13. The summed E-state index contributed by atoms with van der Waals surface area (Å²) in [4.78, 5) is 0. The number of halogens is 1. The molecule has 0 radical (unpaired) electrons. The first kappa shape index (κ1) is 17.0. The molecule has 0 saturated carbocycles. The van der Waals surface area contributed by atoms with Crippen LogP contribution in [-0.2, 0) is 6.42 Å². The van der Waals surface area contributed by atoms with E-state index in [-0.39, 0.29) is 0 Å². The van der Waals surface area contributed by atoms with Gasteiger partial charge in [-0.15, -0.1) is 5.10 Å². The Morgan fingerprint density at radius 3 is 2.62 bits per heavy atom. The molecule has 0 aliphatic carbocycles. The van der Waals surface area contributed by atoms with Crippen molar-refractivity contribution in [2.75, 3.05) is 5.75 Å². The van der Waals surface area contributed by atoms with Gasteiger partial charge in [-0.3, -0.25) is 0 Å². The van der Waals surface area contributed by atoms with E-state index in [1.807, 2.05) is 65.0 Å². The zero-order valence-electron chi connectivity index (χ0n) is 13.5. The van der Waals surface area contributed by atoms with Gasteiger partial charge in [-0.25, -0.2) is 0 Å². The molecule has 1 aromatic heterocycles. The number of para-hydroxylation sites is 1. The average Bonchev–Trinajstić information content (AvgIpc) is 3.08. The standard InChI is InChI=1S/C18H19ClN4S/c1-14(16-10-5-6-11-17(16)19)24-13-7-12-18-20-21-22-23(18)15-8-3-2-4-9-15/h2-6,8-11,14H,7,12-13H2,1H3. The predicted molar refractivity (Wildman–Crippen MR) is 99.8 cm³/mol. The van der Waals surface area contributed by atoms with Crippen LogP contribution < -0.4 is 0 Å². The van der Waals surface area contributed by atoms with Crippen LogP contribution in [0.5, 0.6) is 0 Å². The third kappa shape index (κ3) is 4.16. The molecule has 0 spiro atoms. The Balaban J connectivity index is 1.53. The molecule has 6 heteroatoms. The first-order valence-electron chi connectivity index (χ1n) is 7.94. The van der Waals surface area contributed by atoms with E-state index < -0.39 is 0 Å². The van der Waals surface area contributed by atoms with Gasteiger partial charge in [-0.2, -0.15) is 16.4 Å². The highest BCUT2D eigenvalue weighted by molar-refractivity contribution is 7.99.